The molecule has 12 heteroatoms. The number of rotatable bonds is 8. The maximum absolute atomic E-state index is 13.3. The van der Waals surface area contributed by atoms with Crippen molar-refractivity contribution >= 4 is 86.5 Å². The van der Waals surface area contributed by atoms with Crippen molar-refractivity contribution in [1.29, 1.82) is 0 Å². The predicted octanol–water partition coefficient (Wildman–Crippen LogP) is 7.77. The second kappa shape index (κ2) is 12.0. The molecule has 1 heterocycles. The highest BCUT2D eigenvalue weighted by atomic mass is 79.9. The van der Waals surface area contributed by atoms with Crippen LogP contribution in [-0.2, 0) is 13.0 Å². The lowest BCUT2D eigenvalue weighted by atomic mass is 10.2. The minimum Gasteiger partial charge on any atom is -0.481 e. The van der Waals surface area contributed by atoms with Crippen LogP contribution in [-0.4, -0.2) is 20.8 Å². The first kappa shape index (κ1) is 27.6. The zero-order chi connectivity index (χ0) is 26.7. The largest absolute Gasteiger partial charge is 0.481 e. The van der Waals surface area contributed by atoms with Gasteiger partial charge in [-0.15, -0.1) is 0 Å². The minimum absolute atomic E-state index is 0.0355. The zero-order valence-electron chi connectivity index (χ0n) is 19.3. The third kappa shape index (κ3) is 6.36. The van der Waals surface area contributed by atoms with E-state index in [0.29, 0.717) is 33.2 Å². The maximum Gasteiger partial charge on any atom is 0.312 e. The van der Waals surface area contributed by atoms with Crippen LogP contribution in [0.4, 0.5) is 5.69 Å². The van der Waals surface area contributed by atoms with Crippen LogP contribution in [0.1, 0.15) is 30.3 Å². The van der Waals surface area contributed by atoms with E-state index < -0.39 is 4.92 Å². The van der Waals surface area contributed by atoms with E-state index in [2.05, 4.69) is 73.8 Å². The van der Waals surface area contributed by atoms with Crippen molar-refractivity contribution in [2.75, 3.05) is 0 Å². The summed E-state index contributed by atoms with van der Waals surface area (Å²) in [5, 5.41) is 16.7. The summed E-state index contributed by atoms with van der Waals surface area (Å²) in [6.07, 6.45) is 2.66. The molecule has 4 aromatic rings. The molecule has 0 aliphatic carbocycles. The van der Waals surface area contributed by atoms with E-state index in [1.807, 2.05) is 31.2 Å². The molecule has 0 saturated heterocycles. The highest BCUT2D eigenvalue weighted by Crippen LogP contribution is 2.35. The Balaban J connectivity index is 1.81. The van der Waals surface area contributed by atoms with Crippen molar-refractivity contribution in [3.63, 3.8) is 0 Å². The van der Waals surface area contributed by atoms with Crippen LogP contribution < -0.4 is 10.3 Å². The van der Waals surface area contributed by atoms with Crippen LogP contribution in [0.5, 0.6) is 5.75 Å². The number of nitro groups is 1. The molecule has 0 aliphatic heterocycles. The normalized spacial score (nSPS) is 11.4. The molecule has 1 aromatic heterocycles. The molecule has 0 aliphatic rings. The Morgan fingerprint density at radius 3 is 2.49 bits per heavy atom. The monoisotopic (exact) mass is 754 g/mol. The van der Waals surface area contributed by atoms with Crippen LogP contribution in [0.2, 0.25) is 0 Å². The van der Waals surface area contributed by atoms with Crippen molar-refractivity contribution in [2.45, 2.75) is 26.4 Å². The third-order valence-electron chi connectivity index (χ3n) is 5.31. The van der Waals surface area contributed by atoms with Gasteiger partial charge in [-0.05, 0) is 42.8 Å². The highest BCUT2D eigenvalue weighted by Gasteiger charge is 2.21. The summed E-state index contributed by atoms with van der Waals surface area (Å²) >= 11 is 13.6. The fraction of sp³-hybridized carbons (Fsp3) is 0.160. The van der Waals surface area contributed by atoms with Gasteiger partial charge < -0.3 is 4.74 Å². The number of aromatic nitrogens is 2. The van der Waals surface area contributed by atoms with Gasteiger partial charge in [-0.1, -0.05) is 76.7 Å². The maximum atomic E-state index is 13.3. The third-order valence-corrected chi connectivity index (χ3v) is 7.49. The summed E-state index contributed by atoms with van der Waals surface area (Å²) in [6.45, 7) is 2.06. The highest BCUT2D eigenvalue weighted by molar-refractivity contribution is 9.11. The summed E-state index contributed by atoms with van der Waals surface area (Å²) in [5.41, 5.74) is 1.14. The number of hydrogen-bond acceptors (Lipinski definition) is 6. The Kier molecular flexibility index (Phi) is 8.94. The lowest BCUT2D eigenvalue weighted by Gasteiger charge is -2.12. The molecule has 190 valence electrons. The smallest absolute Gasteiger partial charge is 0.312 e. The number of hydrogen-bond donors (Lipinski definition) is 0. The van der Waals surface area contributed by atoms with Gasteiger partial charge >= 0.3 is 5.69 Å². The van der Waals surface area contributed by atoms with Gasteiger partial charge in [0.1, 0.15) is 12.4 Å². The van der Waals surface area contributed by atoms with Gasteiger partial charge in [0.2, 0.25) is 5.75 Å². The molecule has 0 fully saturated rings. The van der Waals surface area contributed by atoms with Gasteiger partial charge in [-0.25, -0.2) is 4.98 Å². The van der Waals surface area contributed by atoms with E-state index in [1.165, 1.54) is 17.0 Å². The average molecular weight is 758 g/mol. The van der Waals surface area contributed by atoms with E-state index in [1.54, 1.807) is 18.2 Å². The fourth-order valence-corrected chi connectivity index (χ4v) is 5.58. The zero-order valence-corrected chi connectivity index (χ0v) is 25.6. The number of fused-ring (bicyclic) bond motifs is 1. The van der Waals surface area contributed by atoms with Crippen LogP contribution in [0, 0.1) is 10.1 Å². The lowest BCUT2D eigenvalue weighted by Crippen LogP contribution is -2.22. The van der Waals surface area contributed by atoms with Gasteiger partial charge in [0.05, 0.1) is 22.0 Å². The van der Waals surface area contributed by atoms with Crippen molar-refractivity contribution < 1.29 is 9.66 Å². The molecule has 0 unspecified atom stereocenters. The van der Waals surface area contributed by atoms with E-state index >= 15 is 0 Å². The van der Waals surface area contributed by atoms with Crippen LogP contribution in [0.3, 0.4) is 0 Å². The lowest BCUT2D eigenvalue weighted by molar-refractivity contribution is -0.386. The standard InChI is InChI=1S/C25H18Br4N4O4/c1-2-3-23-31-21-7-6-16(26)9-19(21)25(34)32(23)30-12-15-8-18(28)11-22(33(35)36)24(15)37-13-14-4-5-17(27)10-20(14)29/h4-12H,2-3,13H2,1H3. The molecule has 0 spiro atoms. The average Bonchev–Trinajstić information content (AvgIpc) is 2.84. The molecule has 0 radical (unpaired) electrons. The summed E-state index contributed by atoms with van der Waals surface area (Å²) in [5.74, 6) is 0.526. The summed E-state index contributed by atoms with van der Waals surface area (Å²) in [7, 11) is 0. The fourth-order valence-electron chi connectivity index (χ4n) is 3.60. The Labute approximate surface area is 245 Å². The van der Waals surface area contributed by atoms with Crippen molar-refractivity contribution in [3.8, 4) is 5.75 Å². The number of nitro benzene ring substituents is 1. The van der Waals surface area contributed by atoms with Gasteiger partial charge in [-0.3, -0.25) is 14.9 Å². The summed E-state index contributed by atoms with van der Waals surface area (Å²) in [4.78, 5) is 29.3. The molecule has 0 atom stereocenters. The van der Waals surface area contributed by atoms with Crippen molar-refractivity contribution in [1.82, 2.24) is 9.66 Å². The first-order chi connectivity index (χ1) is 17.7. The number of halogens is 4. The first-order valence-electron chi connectivity index (χ1n) is 11.0. The molecule has 0 bridgehead atoms. The summed E-state index contributed by atoms with van der Waals surface area (Å²) < 4.78 is 10.1. The molecular weight excluding hydrogens is 740 g/mol. The molecule has 3 aromatic carbocycles. The van der Waals surface area contributed by atoms with E-state index in [0.717, 1.165) is 25.4 Å². The topological polar surface area (TPSA) is 99.6 Å². The molecule has 0 amide bonds. The molecule has 8 nitrogen and oxygen atoms in total. The quantitative estimate of drug-likeness (QED) is 0.104. The Hall–Kier alpha value is -2.41. The molecule has 37 heavy (non-hydrogen) atoms. The Morgan fingerprint density at radius 1 is 1.05 bits per heavy atom. The van der Waals surface area contributed by atoms with Crippen molar-refractivity contribution in [3.05, 3.63) is 104 Å². The van der Waals surface area contributed by atoms with Gasteiger partial charge in [-0.2, -0.15) is 9.78 Å². The number of ether oxygens (including phenoxy) is 1. The molecule has 0 saturated carbocycles. The Bertz CT molecular complexity index is 1600. The molecule has 0 N–H and O–H groups in total. The van der Waals surface area contributed by atoms with E-state index in [9.17, 15) is 14.9 Å². The number of aryl methyl sites for hydroxylation is 1. The SMILES string of the molecule is CCCc1nc2ccc(Br)cc2c(=O)n1N=Cc1cc(Br)cc([N+](=O)[O-])c1OCc1ccc(Br)cc1Br. The second-order valence-corrected chi connectivity index (χ2v) is 11.5. The van der Waals surface area contributed by atoms with E-state index in [4.69, 9.17) is 4.74 Å². The number of nitrogens with zero attached hydrogens (tertiary/aromatic N) is 4. The number of benzene rings is 3. The van der Waals surface area contributed by atoms with Crippen LogP contribution in [0.15, 0.2) is 76.3 Å². The molecular formula is C25H18Br4N4O4. The van der Waals surface area contributed by atoms with Gasteiger partial charge in [0.15, 0.2) is 0 Å². The van der Waals surface area contributed by atoms with Gasteiger partial charge in [0, 0.05) is 41.5 Å². The van der Waals surface area contributed by atoms with Crippen molar-refractivity contribution in [2.24, 2.45) is 5.10 Å². The molecule has 4 rings (SSSR count). The summed E-state index contributed by atoms with van der Waals surface area (Å²) in [6, 6.07) is 13.9. The second-order valence-electron chi connectivity index (χ2n) is 7.93. The van der Waals surface area contributed by atoms with Gasteiger partial charge in [0.25, 0.3) is 5.56 Å². The minimum atomic E-state index is -0.516. The first-order valence-corrected chi connectivity index (χ1v) is 14.1. The van der Waals surface area contributed by atoms with E-state index in [-0.39, 0.29) is 23.6 Å². The Morgan fingerprint density at radius 2 is 1.78 bits per heavy atom. The van der Waals surface area contributed by atoms with Crippen LogP contribution >= 0.6 is 63.7 Å². The predicted molar refractivity (Wildman–Crippen MR) is 158 cm³/mol. The van der Waals surface area contributed by atoms with Crippen LogP contribution in [0.25, 0.3) is 10.9 Å².